The standard InChI is InChI=1S/C19H21NO6S.C11H14O2.4CH4.H2/c1-14(21)19(25-2,13-15-9-5-4-6-10-15)18(22)20-16-11-7-8-12-17(16)27(23,24)26-3;1-9(12)11(13-2)8-10-6-4-3-5-7-10;;;;;/h4-12H,13H2,1-3H3,(H,20,22);3-7,11H,8H2,1-2H3;4*1H4;1H. The first-order valence-corrected chi connectivity index (χ1v) is 13.8. The molecular formula is C34H53NO8S. The van der Waals surface area contributed by atoms with Crippen LogP contribution in [-0.4, -0.2) is 58.9 Å². The van der Waals surface area contributed by atoms with Gasteiger partial charge < -0.3 is 14.8 Å². The van der Waals surface area contributed by atoms with Crippen LogP contribution < -0.4 is 5.32 Å². The second-order valence-corrected chi connectivity index (χ2v) is 10.5. The van der Waals surface area contributed by atoms with Crippen LogP contribution in [0.15, 0.2) is 89.8 Å². The van der Waals surface area contributed by atoms with E-state index in [0.29, 0.717) is 6.42 Å². The summed E-state index contributed by atoms with van der Waals surface area (Å²) in [4.78, 5) is 36.2. The maximum Gasteiger partial charge on any atom is 0.298 e. The van der Waals surface area contributed by atoms with Gasteiger partial charge >= 0.3 is 0 Å². The number of ketones is 2. The van der Waals surface area contributed by atoms with E-state index in [9.17, 15) is 22.8 Å². The second kappa shape index (κ2) is 21.1. The van der Waals surface area contributed by atoms with Crippen LogP contribution in [0.25, 0.3) is 0 Å². The van der Waals surface area contributed by atoms with Crippen molar-refractivity contribution in [1.29, 1.82) is 0 Å². The van der Waals surface area contributed by atoms with Gasteiger partial charge in [0.15, 0.2) is 11.6 Å². The van der Waals surface area contributed by atoms with Gasteiger partial charge in [-0.05, 0) is 37.1 Å². The van der Waals surface area contributed by atoms with E-state index in [4.69, 9.17) is 9.47 Å². The van der Waals surface area contributed by atoms with Crippen molar-refractivity contribution < 1.29 is 37.9 Å². The molecule has 0 spiro atoms. The Bertz CT molecular complexity index is 1390. The summed E-state index contributed by atoms with van der Waals surface area (Å²) in [7, 11) is -0.190. The average Bonchev–Trinajstić information content (AvgIpc) is 2.96. The molecule has 0 aliphatic heterocycles. The SMILES string of the molecule is C.C.C.C.COC(Cc1ccccc1)(C(C)=O)C(=O)Nc1ccccc1S(=O)(=O)OC.COC(Cc1ccccc1)C(C)=O.[HH]. The van der Waals surface area contributed by atoms with Crippen LogP contribution >= 0.6 is 0 Å². The summed E-state index contributed by atoms with van der Waals surface area (Å²) in [5.74, 6) is -1.19. The lowest BCUT2D eigenvalue weighted by molar-refractivity contribution is -0.151. The molecule has 3 rings (SSSR count). The Morgan fingerprint density at radius 1 is 0.773 bits per heavy atom. The average molecular weight is 636 g/mol. The predicted molar refractivity (Wildman–Crippen MR) is 180 cm³/mol. The summed E-state index contributed by atoms with van der Waals surface area (Å²) >= 11 is 0. The minimum Gasteiger partial charge on any atom is -0.373 e. The molecule has 248 valence electrons. The Balaban J connectivity index is -0.000000402. The molecule has 2 atom stereocenters. The number of Topliss-reactive ketones (excluding diaryl/α,β-unsaturated/α-hetero) is 2. The Morgan fingerprint density at radius 3 is 1.68 bits per heavy atom. The van der Waals surface area contributed by atoms with Gasteiger partial charge in [0.05, 0.1) is 12.8 Å². The van der Waals surface area contributed by atoms with E-state index in [0.717, 1.165) is 18.2 Å². The quantitative estimate of drug-likeness (QED) is 0.170. The van der Waals surface area contributed by atoms with Gasteiger partial charge in [-0.25, -0.2) is 0 Å². The molecule has 0 saturated heterocycles. The fourth-order valence-electron chi connectivity index (χ4n) is 3.88. The fourth-order valence-corrected chi connectivity index (χ4v) is 4.69. The number of ether oxygens (including phenoxy) is 2. The lowest BCUT2D eigenvalue weighted by Crippen LogP contribution is -2.52. The molecule has 2 unspecified atom stereocenters. The van der Waals surface area contributed by atoms with Gasteiger partial charge in [-0.15, -0.1) is 0 Å². The number of hydrogen-bond donors (Lipinski definition) is 1. The summed E-state index contributed by atoms with van der Waals surface area (Å²) in [6, 6.07) is 24.6. The second-order valence-electron chi connectivity index (χ2n) is 8.85. The molecule has 0 fully saturated rings. The van der Waals surface area contributed by atoms with Crippen molar-refractivity contribution in [3.05, 3.63) is 96.1 Å². The van der Waals surface area contributed by atoms with Gasteiger partial charge in [0.2, 0.25) is 5.60 Å². The van der Waals surface area contributed by atoms with Crippen LogP contribution in [0.1, 0.15) is 56.1 Å². The minimum atomic E-state index is -4.05. The highest BCUT2D eigenvalue weighted by molar-refractivity contribution is 7.87. The van der Waals surface area contributed by atoms with E-state index in [1.54, 1.807) is 44.4 Å². The number of para-hydroxylation sites is 1. The van der Waals surface area contributed by atoms with E-state index >= 15 is 0 Å². The van der Waals surface area contributed by atoms with Gasteiger partial charge in [0.1, 0.15) is 11.0 Å². The summed E-state index contributed by atoms with van der Waals surface area (Å²) in [6.07, 6.45) is 0.361. The number of anilines is 1. The highest BCUT2D eigenvalue weighted by Gasteiger charge is 2.44. The monoisotopic (exact) mass is 635 g/mol. The topological polar surface area (TPSA) is 125 Å². The van der Waals surface area contributed by atoms with Crippen molar-refractivity contribution in [3.63, 3.8) is 0 Å². The number of carbonyl (C=O) groups excluding carboxylic acids is 3. The summed E-state index contributed by atoms with van der Waals surface area (Å²) < 4.78 is 39.1. The zero-order valence-electron chi connectivity index (χ0n) is 23.2. The molecule has 0 heterocycles. The molecule has 1 N–H and O–H groups in total. The van der Waals surface area contributed by atoms with Gasteiger partial charge in [-0.2, -0.15) is 8.42 Å². The van der Waals surface area contributed by atoms with E-state index in [-0.39, 0.29) is 60.0 Å². The van der Waals surface area contributed by atoms with Gasteiger partial charge in [0, 0.05) is 28.5 Å². The number of benzene rings is 3. The van der Waals surface area contributed by atoms with Gasteiger partial charge in [0.25, 0.3) is 16.0 Å². The maximum absolute atomic E-state index is 13.0. The summed E-state index contributed by atoms with van der Waals surface area (Å²) in [6.45, 7) is 2.81. The summed E-state index contributed by atoms with van der Waals surface area (Å²) in [5, 5.41) is 2.50. The van der Waals surface area contributed by atoms with E-state index in [1.807, 2.05) is 36.4 Å². The van der Waals surface area contributed by atoms with Crippen molar-refractivity contribution in [1.82, 2.24) is 0 Å². The number of amides is 1. The zero-order valence-corrected chi connectivity index (χ0v) is 24.1. The number of rotatable bonds is 12. The van der Waals surface area contributed by atoms with Crippen molar-refractivity contribution >= 4 is 33.3 Å². The molecule has 0 bridgehead atoms. The van der Waals surface area contributed by atoms with Gasteiger partial charge in [-0.1, -0.05) is 103 Å². The van der Waals surface area contributed by atoms with E-state index in [1.165, 1.54) is 32.2 Å². The first kappa shape index (κ1) is 44.7. The molecule has 0 radical (unpaired) electrons. The van der Waals surface area contributed by atoms with Crippen LogP contribution in [0.4, 0.5) is 5.69 Å². The van der Waals surface area contributed by atoms with Crippen molar-refractivity contribution in [2.45, 2.75) is 73.0 Å². The van der Waals surface area contributed by atoms with Crippen LogP contribution in [0.2, 0.25) is 0 Å². The zero-order chi connectivity index (χ0) is 29.8. The molecule has 1 amide bonds. The third-order valence-electron chi connectivity index (χ3n) is 6.21. The Morgan fingerprint density at radius 2 is 1.25 bits per heavy atom. The highest BCUT2D eigenvalue weighted by atomic mass is 32.2. The van der Waals surface area contributed by atoms with Crippen molar-refractivity contribution in [2.75, 3.05) is 26.6 Å². The van der Waals surface area contributed by atoms with Crippen LogP contribution in [0.3, 0.4) is 0 Å². The van der Waals surface area contributed by atoms with E-state index in [2.05, 4.69) is 9.50 Å². The maximum atomic E-state index is 13.0. The Hall–Kier alpha value is -3.70. The normalized spacial score (nSPS) is 12.0. The first-order chi connectivity index (χ1) is 19.0. The molecular weight excluding hydrogens is 582 g/mol. The number of carbonyl (C=O) groups is 3. The molecule has 3 aromatic rings. The number of methoxy groups -OCH3 is 2. The fraction of sp³-hybridized carbons (Fsp3) is 0.382. The predicted octanol–water partition coefficient (Wildman–Crippen LogP) is 6.80. The lowest BCUT2D eigenvalue weighted by atomic mass is 9.89. The molecule has 44 heavy (non-hydrogen) atoms. The van der Waals surface area contributed by atoms with Crippen LogP contribution in [0.5, 0.6) is 0 Å². The highest BCUT2D eigenvalue weighted by Crippen LogP contribution is 2.26. The Labute approximate surface area is 266 Å². The van der Waals surface area contributed by atoms with Crippen LogP contribution in [0, 0.1) is 0 Å². The minimum absolute atomic E-state index is 0. The molecule has 0 aliphatic carbocycles. The van der Waals surface area contributed by atoms with Crippen molar-refractivity contribution in [2.24, 2.45) is 0 Å². The summed E-state index contributed by atoms with van der Waals surface area (Å²) in [5.41, 5.74) is 0.0535. The lowest BCUT2D eigenvalue weighted by Gasteiger charge is -2.29. The van der Waals surface area contributed by atoms with Crippen LogP contribution in [-0.2, 0) is 51.0 Å². The molecule has 0 aliphatic rings. The third-order valence-corrected chi connectivity index (χ3v) is 7.54. The smallest absolute Gasteiger partial charge is 0.298 e. The largest absolute Gasteiger partial charge is 0.373 e. The molecule has 3 aromatic carbocycles. The molecule has 10 heteroatoms. The third kappa shape index (κ3) is 12.1. The first-order valence-electron chi connectivity index (χ1n) is 12.4. The Kier molecular flexibility index (Phi) is 21.4. The van der Waals surface area contributed by atoms with Gasteiger partial charge in [-0.3, -0.25) is 18.6 Å². The van der Waals surface area contributed by atoms with E-state index < -0.39 is 27.4 Å². The number of hydrogen-bond acceptors (Lipinski definition) is 8. The number of nitrogens with one attached hydrogen (secondary N) is 1. The molecule has 9 nitrogen and oxygen atoms in total. The molecule has 0 aromatic heterocycles. The molecule has 0 saturated carbocycles. The van der Waals surface area contributed by atoms with Crippen molar-refractivity contribution in [3.8, 4) is 0 Å².